The SMILES string of the molecule is CN(Cc1ccco1)c1cc(N)ccc1C(=O)O. The van der Waals surface area contributed by atoms with Gasteiger partial charge in [0.1, 0.15) is 5.76 Å². The summed E-state index contributed by atoms with van der Waals surface area (Å²) >= 11 is 0. The maximum absolute atomic E-state index is 11.1. The molecule has 0 bridgehead atoms. The summed E-state index contributed by atoms with van der Waals surface area (Å²) in [7, 11) is 1.80. The van der Waals surface area contributed by atoms with Crippen LogP contribution < -0.4 is 10.6 Å². The van der Waals surface area contributed by atoms with Gasteiger partial charge in [0.05, 0.1) is 24.1 Å². The Morgan fingerprint density at radius 3 is 2.83 bits per heavy atom. The van der Waals surface area contributed by atoms with Crippen molar-refractivity contribution in [2.75, 3.05) is 17.7 Å². The van der Waals surface area contributed by atoms with Gasteiger partial charge < -0.3 is 20.2 Å². The van der Waals surface area contributed by atoms with Gasteiger partial charge in [0.15, 0.2) is 0 Å². The molecule has 0 radical (unpaired) electrons. The molecule has 1 heterocycles. The van der Waals surface area contributed by atoms with E-state index >= 15 is 0 Å². The molecule has 5 nitrogen and oxygen atoms in total. The summed E-state index contributed by atoms with van der Waals surface area (Å²) in [6, 6.07) is 8.36. The van der Waals surface area contributed by atoms with E-state index in [1.54, 1.807) is 36.4 Å². The van der Waals surface area contributed by atoms with Crippen LogP contribution in [0, 0.1) is 0 Å². The third-order valence-electron chi connectivity index (χ3n) is 2.64. The molecule has 5 heteroatoms. The number of carboxylic acids is 1. The Morgan fingerprint density at radius 1 is 1.44 bits per heavy atom. The molecule has 0 saturated heterocycles. The average Bonchev–Trinajstić information content (AvgIpc) is 2.81. The minimum atomic E-state index is -0.976. The van der Waals surface area contributed by atoms with Gasteiger partial charge in [0.25, 0.3) is 0 Å². The zero-order chi connectivity index (χ0) is 13.1. The molecule has 94 valence electrons. The molecule has 1 aromatic carbocycles. The number of rotatable bonds is 4. The molecule has 0 aliphatic heterocycles. The Labute approximate surface area is 104 Å². The Hall–Kier alpha value is -2.43. The topological polar surface area (TPSA) is 79.7 Å². The number of aromatic carboxylic acids is 1. The van der Waals surface area contributed by atoms with Crippen molar-refractivity contribution in [2.24, 2.45) is 0 Å². The van der Waals surface area contributed by atoms with Gasteiger partial charge in [-0.05, 0) is 30.3 Å². The molecule has 18 heavy (non-hydrogen) atoms. The Kier molecular flexibility index (Phi) is 3.23. The van der Waals surface area contributed by atoms with E-state index in [0.29, 0.717) is 17.9 Å². The van der Waals surface area contributed by atoms with Crippen molar-refractivity contribution in [1.82, 2.24) is 0 Å². The van der Waals surface area contributed by atoms with Crippen LogP contribution in [0.4, 0.5) is 11.4 Å². The first-order valence-electron chi connectivity index (χ1n) is 5.44. The van der Waals surface area contributed by atoms with Crippen molar-refractivity contribution in [3.05, 3.63) is 47.9 Å². The number of anilines is 2. The van der Waals surface area contributed by atoms with E-state index in [4.69, 9.17) is 15.3 Å². The van der Waals surface area contributed by atoms with Crippen molar-refractivity contribution in [3.63, 3.8) is 0 Å². The predicted octanol–water partition coefficient (Wildman–Crippen LogP) is 2.20. The van der Waals surface area contributed by atoms with E-state index in [2.05, 4.69) is 0 Å². The Bertz CT molecular complexity index is 549. The van der Waals surface area contributed by atoms with Crippen LogP contribution in [0.5, 0.6) is 0 Å². The van der Waals surface area contributed by atoms with Crippen LogP contribution in [0.1, 0.15) is 16.1 Å². The molecule has 0 aliphatic carbocycles. The number of furan rings is 1. The maximum Gasteiger partial charge on any atom is 0.337 e. The number of nitrogens with two attached hydrogens (primary N) is 1. The van der Waals surface area contributed by atoms with Crippen molar-refractivity contribution < 1.29 is 14.3 Å². The molecular formula is C13H14N2O3. The smallest absolute Gasteiger partial charge is 0.337 e. The summed E-state index contributed by atoms with van der Waals surface area (Å²) in [5.74, 6) is -0.215. The van der Waals surface area contributed by atoms with Crippen LogP contribution in [-0.4, -0.2) is 18.1 Å². The summed E-state index contributed by atoms with van der Waals surface area (Å²) in [5, 5.41) is 9.14. The third-order valence-corrected chi connectivity index (χ3v) is 2.64. The van der Waals surface area contributed by atoms with Crippen LogP contribution in [0.25, 0.3) is 0 Å². The Balaban J connectivity index is 2.31. The summed E-state index contributed by atoms with van der Waals surface area (Å²) in [6.45, 7) is 0.483. The number of nitrogens with zero attached hydrogens (tertiary/aromatic N) is 1. The summed E-state index contributed by atoms with van der Waals surface area (Å²) in [6.07, 6.45) is 1.58. The lowest BCUT2D eigenvalue weighted by molar-refractivity contribution is 0.0697. The second-order valence-corrected chi connectivity index (χ2v) is 4.02. The highest BCUT2D eigenvalue weighted by Gasteiger charge is 2.14. The molecule has 0 fully saturated rings. The first-order chi connectivity index (χ1) is 8.58. The first kappa shape index (κ1) is 12.0. The maximum atomic E-state index is 11.1. The Morgan fingerprint density at radius 2 is 2.22 bits per heavy atom. The monoisotopic (exact) mass is 246 g/mol. The van der Waals surface area contributed by atoms with Crippen LogP contribution in [0.15, 0.2) is 41.0 Å². The van der Waals surface area contributed by atoms with Gasteiger partial charge in [-0.2, -0.15) is 0 Å². The van der Waals surface area contributed by atoms with Gasteiger partial charge in [0, 0.05) is 12.7 Å². The number of carboxylic acid groups (broad SMARTS) is 1. The highest BCUT2D eigenvalue weighted by atomic mass is 16.4. The highest BCUT2D eigenvalue weighted by molar-refractivity contribution is 5.95. The highest BCUT2D eigenvalue weighted by Crippen LogP contribution is 2.24. The fourth-order valence-corrected chi connectivity index (χ4v) is 1.77. The van der Waals surface area contributed by atoms with Gasteiger partial charge in [-0.25, -0.2) is 4.79 Å². The molecule has 1 aromatic heterocycles. The van der Waals surface area contributed by atoms with E-state index in [1.165, 1.54) is 6.07 Å². The summed E-state index contributed by atoms with van der Waals surface area (Å²) < 4.78 is 5.24. The number of nitrogen functional groups attached to an aromatic ring is 1. The molecule has 0 saturated carbocycles. The molecule has 0 aliphatic rings. The van der Waals surface area contributed by atoms with E-state index in [9.17, 15) is 4.79 Å². The molecule has 2 rings (SSSR count). The van der Waals surface area contributed by atoms with Crippen molar-refractivity contribution in [2.45, 2.75) is 6.54 Å². The van der Waals surface area contributed by atoms with E-state index in [1.807, 2.05) is 6.07 Å². The van der Waals surface area contributed by atoms with Crippen molar-refractivity contribution >= 4 is 17.3 Å². The predicted molar refractivity (Wildman–Crippen MR) is 68.6 cm³/mol. The van der Waals surface area contributed by atoms with Gasteiger partial charge in [-0.1, -0.05) is 0 Å². The minimum Gasteiger partial charge on any atom is -0.478 e. The number of hydrogen-bond acceptors (Lipinski definition) is 4. The van der Waals surface area contributed by atoms with Crippen molar-refractivity contribution in [1.29, 1.82) is 0 Å². The zero-order valence-corrected chi connectivity index (χ0v) is 9.96. The van der Waals surface area contributed by atoms with Gasteiger partial charge in [-0.3, -0.25) is 0 Å². The average molecular weight is 246 g/mol. The van der Waals surface area contributed by atoms with Crippen LogP contribution in [0.2, 0.25) is 0 Å². The van der Waals surface area contributed by atoms with E-state index in [-0.39, 0.29) is 5.56 Å². The largest absolute Gasteiger partial charge is 0.478 e. The number of hydrogen-bond donors (Lipinski definition) is 2. The molecule has 0 amide bonds. The molecular weight excluding hydrogens is 232 g/mol. The quantitative estimate of drug-likeness (QED) is 0.808. The van der Waals surface area contributed by atoms with E-state index < -0.39 is 5.97 Å². The van der Waals surface area contributed by atoms with Crippen LogP contribution >= 0.6 is 0 Å². The molecule has 0 spiro atoms. The lowest BCUT2D eigenvalue weighted by atomic mass is 10.1. The second kappa shape index (κ2) is 4.83. The van der Waals surface area contributed by atoms with Gasteiger partial charge in [0.2, 0.25) is 0 Å². The second-order valence-electron chi connectivity index (χ2n) is 4.02. The zero-order valence-electron chi connectivity index (χ0n) is 9.96. The van der Waals surface area contributed by atoms with Gasteiger partial charge >= 0.3 is 5.97 Å². The molecule has 3 N–H and O–H groups in total. The lowest BCUT2D eigenvalue weighted by Crippen LogP contribution is -2.19. The lowest BCUT2D eigenvalue weighted by Gasteiger charge is -2.20. The normalized spacial score (nSPS) is 10.3. The van der Waals surface area contributed by atoms with Crippen LogP contribution in [-0.2, 0) is 6.54 Å². The fourth-order valence-electron chi connectivity index (χ4n) is 1.77. The number of carbonyl (C=O) groups is 1. The first-order valence-corrected chi connectivity index (χ1v) is 5.44. The van der Waals surface area contributed by atoms with Crippen LogP contribution in [0.3, 0.4) is 0 Å². The minimum absolute atomic E-state index is 0.221. The molecule has 0 unspecified atom stereocenters. The van der Waals surface area contributed by atoms with Gasteiger partial charge in [-0.15, -0.1) is 0 Å². The molecule has 0 atom stereocenters. The number of benzene rings is 1. The summed E-state index contributed by atoms with van der Waals surface area (Å²) in [5.41, 5.74) is 7.01. The summed E-state index contributed by atoms with van der Waals surface area (Å²) in [4.78, 5) is 12.9. The van der Waals surface area contributed by atoms with E-state index in [0.717, 1.165) is 5.76 Å². The fraction of sp³-hybridized carbons (Fsp3) is 0.154. The van der Waals surface area contributed by atoms with Crippen molar-refractivity contribution in [3.8, 4) is 0 Å². The third kappa shape index (κ3) is 2.45. The standard InChI is InChI=1S/C13H14N2O3/c1-15(8-10-3-2-6-18-10)12-7-9(14)4-5-11(12)13(16)17/h2-7H,8,14H2,1H3,(H,16,17). The molecule has 2 aromatic rings.